The first-order valence-corrected chi connectivity index (χ1v) is 7.01. The smallest absolute Gasteiger partial charge is 0.195 e. The number of ketones is 1. The maximum atomic E-state index is 12.7. The summed E-state index contributed by atoms with van der Waals surface area (Å²) in [5.41, 5.74) is 8.76. The maximum Gasteiger partial charge on any atom is 0.195 e. The van der Waals surface area contributed by atoms with Gasteiger partial charge in [-0.05, 0) is 40.2 Å². The lowest BCUT2D eigenvalue weighted by molar-refractivity contribution is 0.104. The number of nitrogens with two attached hydrogens (primary N) is 1. The van der Waals surface area contributed by atoms with Gasteiger partial charge in [0, 0.05) is 45.4 Å². The van der Waals surface area contributed by atoms with Crippen LogP contribution in [0, 0.1) is 0 Å². The van der Waals surface area contributed by atoms with Gasteiger partial charge in [-0.25, -0.2) is 0 Å². The van der Waals surface area contributed by atoms with E-state index >= 15 is 0 Å². The molecule has 0 aliphatic rings. The number of aromatic nitrogens is 1. The fourth-order valence-corrected chi connectivity index (χ4v) is 2.61. The number of carbonyl (C=O) groups is 1. The van der Waals surface area contributed by atoms with Crippen molar-refractivity contribution >= 4 is 38.3 Å². The summed E-state index contributed by atoms with van der Waals surface area (Å²) in [4.78, 5) is 12.7. The van der Waals surface area contributed by atoms with Crippen LogP contribution in [-0.4, -0.2) is 10.4 Å². The molecule has 4 heteroatoms. The first kappa shape index (κ1) is 12.9. The molecule has 3 nitrogen and oxygen atoms in total. The quantitative estimate of drug-likeness (QED) is 0.575. The van der Waals surface area contributed by atoms with E-state index in [4.69, 9.17) is 5.73 Å². The lowest BCUT2D eigenvalue weighted by Gasteiger charge is -2.03. The average molecular weight is 329 g/mol. The fourth-order valence-electron chi connectivity index (χ4n) is 2.36. The number of anilines is 1. The molecule has 3 aromatic rings. The molecule has 0 bridgehead atoms. The molecule has 0 unspecified atom stereocenters. The summed E-state index contributed by atoms with van der Waals surface area (Å²) in [7, 11) is 1.94. The number of fused-ring (bicyclic) bond motifs is 1. The number of aryl methyl sites for hydroxylation is 1. The minimum Gasteiger partial charge on any atom is -0.398 e. The van der Waals surface area contributed by atoms with Gasteiger partial charge in [-0.15, -0.1) is 0 Å². The number of halogens is 1. The summed E-state index contributed by atoms with van der Waals surface area (Å²) in [5, 5.41) is 0.960. The number of hydrogen-bond acceptors (Lipinski definition) is 2. The Balaban J connectivity index is 2.15. The average Bonchev–Trinajstić information content (AvgIpc) is 2.79. The summed E-state index contributed by atoms with van der Waals surface area (Å²) in [6, 6.07) is 13.2. The molecule has 0 saturated heterocycles. The van der Waals surface area contributed by atoms with Gasteiger partial charge in [0.1, 0.15) is 0 Å². The Kier molecular flexibility index (Phi) is 3.10. The van der Waals surface area contributed by atoms with Gasteiger partial charge >= 0.3 is 0 Å². The Morgan fingerprint density at radius 1 is 1.20 bits per heavy atom. The Morgan fingerprint density at radius 2 is 1.95 bits per heavy atom. The molecule has 0 aliphatic heterocycles. The Bertz CT molecular complexity index is 820. The van der Waals surface area contributed by atoms with E-state index in [2.05, 4.69) is 15.9 Å². The van der Waals surface area contributed by atoms with Gasteiger partial charge in [0.25, 0.3) is 0 Å². The first-order valence-electron chi connectivity index (χ1n) is 6.21. The number of benzene rings is 2. The van der Waals surface area contributed by atoms with Crippen LogP contribution in [0.2, 0.25) is 0 Å². The highest BCUT2D eigenvalue weighted by molar-refractivity contribution is 9.10. The van der Waals surface area contributed by atoms with Crippen LogP contribution in [0.25, 0.3) is 10.9 Å². The Hall–Kier alpha value is -2.07. The molecule has 1 aromatic heterocycles. The standard InChI is InChI=1S/C16H13BrN2O/c1-19-9-12(11-4-2-3-5-15(11)19)16(20)10-6-7-13(17)14(18)8-10/h2-9H,18H2,1H3. The highest BCUT2D eigenvalue weighted by Gasteiger charge is 2.16. The lowest BCUT2D eigenvalue weighted by Crippen LogP contribution is -2.02. The topological polar surface area (TPSA) is 48.0 Å². The molecule has 3 rings (SSSR count). The van der Waals surface area contributed by atoms with Gasteiger partial charge in [-0.1, -0.05) is 18.2 Å². The van der Waals surface area contributed by atoms with E-state index in [9.17, 15) is 4.79 Å². The van der Waals surface area contributed by atoms with Crippen molar-refractivity contribution in [3.63, 3.8) is 0 Å². The van der Waals surface area contributed by atoms with Gasteiger partial charge in [0.15, 0.2) is 5.78 Å². The third-order valence-corrected chi connectivity index (χ3v) is 4.12. The number of para-hydroxylation sites is 1. The van der Waals surface area contributed by atoms with Crippen LogP contribution in [0.5, 0.6) is 0 Å². The second kappa shape index (κ2) is 4.80. The van der Waals surface area contributed by atoms with Crippen LogP contribution in [0.15, 0.2) is 53.1 Å². The van der Waals surface area contributed by atoms with Crippen LogP contribution < -0.4 is 5.73 Å². The maximum absolute atomic E-state index is 12.7. The van der Waals surface area contributed by atoms with E-state index in [1.54, 1.807) is 18.2 Å². The van der Waals surface area contributed by atoms with Crippen LogP contribution >= 0.6 is 15.9 Å². The third kappa shape index (κ3) is 2.02. The van der Waals surface area contributed by atoms with Gasteiger partial charge in [-0.2, -0.15) is 0 Å². The zero-order valence-electron chi connectivity index (χ0n) is 10.9. The predicted molar refractivity (Wildman–Crippen MR) is 84.9 cm³/mol. The summed E-state index contributed by atoms with van der Waals surface area (Å²) in [5.74, 6) is -0.0130. The van der Waals surface area contributed by atoms with E-state index < -0.39 is 0 Å². The second-order valence-corrected chi connectivity index (χ2v) is 5.59. The van der Waals surface area contributed by atoms with Gasteiger partial charge in [-0.3, -0.25) is 4.79 Å². The van der Waals surface area contributed by atoms with E-state index in [-0.39, 0.29) is 5.78 Å². The molecular weight excluding hydrogens is 316 g/mol. The monoisotopic (exact) mass is 328 g/mol. The zero-order valence-corrected chi connectivity index (χ0v) is 12.5. The number of nitrogen functional groups attached to an aromatic ring is 1. The first-order chi connectivity index (χ1) is 9.58. The van der Waals surface area contributed by atoms with Crippen molar-refractivity contribution < 1.29 is 4.79 Å². The highest BCUT2D eigenvalue weighted by Crippen LogP contribution is 2.26. The van der Waals surface area contributed by atoms with Crippen molar-refractivity contribution in [2.45, 2.75) is 0 Å². The van der Waals surface area contributed by atoms with Gasteiger partial charge < -0.3 is 10.3 Å². The molecule has 100 valence electrons. The zero-order chi connectivity index (χ0) is 14.3. The van der Waals surface area contributed by atoms with E-state index in [0.717, 1.165) is 15.4 Å². The van der Waals surface area contributed by atoms with Gasteiger partial charge in [0.05, 0.1) is 0 Å². The number of nitrogens with zero attached hydrogens (tertiary/aromatic N) is 1. The molecule has 0 spiro atoms. The van der Waals surface area contributed by atoms with E-state index in [0.29, 0.717) is 16.8 Å². The van der Waals surface area contributed by atoms with Crippen LogP contribution in [0.1, 0.15) is 15.9 Å². The van der Waals surface area contributed by atoms with Crippen molar-refractivity contribution in [1.82, 2.24) is 4.57 Å². The van der Waals surface area contributed by atoms with Crippen LogP contribution in [-0.2, 0) is 7.05 Å². The Morgan fingerprint density at radius 3 is 2.70 bits per heavy atom. The molecule has 0 aliphatic carbocycles. The molecule has 0 atom stereocenters. The van der Waals surface area contributed by atoms with Crippen molar-refractivity contribution in [2.75, 3.05) is 5.73 Å². The molecule has 0 saturated carbocycles. The second-order valence-electron chi connectivity index (χ2n) is 4.74. The van der Waals surface area contributed by atoms with Crippen molar-refractivity contribution in [3.05, 3.63) is 64.3 Å². The van der Waals surface area contributed by atoms with Crippen molar-refractivity contribution in [1.29, 1.82) is 0 Å². The summed E-state index contributed by atoms with van der Waals surface area (Å²) >= 11 is 3.34. The minimum atomic E-state index is -0.0130. The number of carbonyl (C=O) groups excluding carboxylic acids is 1. The molecule has 0 amide bonds. The summed E-state index contributed by atoms with van der Waals surface area (Å²) in [6.07, 6.45) is 1.87. The van der Waals surface area contributed by atoms with Crippen molar-refractivity contribution in [2.24, 2.45) is 7.05 Å². The van der Waals surface area contributed by atoms with Gasteiger partial charge in [0.2, 0.25) is 0 Å². The van der Waals surface area contributed by atoms with Crippen LogP contribution in [0.3, 0.4) is 0 Å². The normalized spacial score (nSPS) is 10.9. The molecule has 1 heterocycles. The fraction of sp³-hybridized carbons (Fsp3) is 0.0625. The summed E-state index contributed by atoms with van der Waals surface area (Å²) < 4.78 is 2.76. The molecule has 2 N–H and O–H groups in total. The number of rotatable bonds is 2. The van der Waals surface area contributed by atoms with E-state index in [1.807, 2.05) is 42.1 Å². The third-order valence-electron chi connectivity index (χ3n) is 3.40. The highest BCUT2D eigenvalue weighted by atomic mass is 79.9. The SMILES string of the molecule is Cn1cc(C(=O)c2ccc(Br)c(N)c2)c2ccccc21. The minimum absolute atomic E-state index is 0.0130. The van der Waals surface area contributed by atoms with Crippen molar-refractivity contribution in [3.8, 4) is 0 Å². The molecule has 0 fully saturated rings. The lowest BCUT2D eigenvalue weighted by atomic mass is 10.0. The molecule has 2 aromatic carbocycles. The molecule has 20 heavy (non-hydrogen) atoms. The number of hydrogen-bond donors (Lipinski definition) is 1. The Labute approximate surface area is 125 Å². The molecule has 0 radical (unpaired) electrons. The molecular formula is C16H13BrN2O. The van der Waals surface area contributed by atoms with E-state index in [1.165, 1.54) is 0 Å². The largest absolute Gasteiger partial charge is 0.398 e. The van der Waals surface area contributed by atoms with Crippen LogP contribution in [0.4, 0.5) is 5.69 Å². The summed E-state index contributed by atoms with van der Waals surface area (Å²) in [6.45, 7) is 0. The predicted octanol–water partition coefficient (Wildman–Crippen LogP) is 3.75.